The van der Waals surface area contributed by atoms with Gasteiger partial charge in [-0.15, -0.1) is 0 Å². The van der Waals surface area contributed by atoms with E-state index in [-0.39, 0.29) is 0 Å². The summed E-state index contributed by atoms with van der Waals surface area (Å²) in [6.07, 6.45) is 4.74. The second-order valence-electron chi connectivity index (χ2n) is 6.06. The number of hydrogen-bond acceptors (Lipinski definition) is 4. The maximum absolute atomic E-state index is 5.96. The first-order valence-electron chi connectivity index (χ1n) is 8.74. The highest BCUT2D eigenvalue weighted by molar-refractivity contribution is 5.77. The van der Waals surface area contributed by atoms with Crippen LogP contribution in [0.5, 0.6) is 0 Å². The second-order valence-corrected chi connectivity index (χ2v) is 6.06. The zero-order valence-electron chi connectivity index (χ0n) is 14.5. The molecule has 0 bridgehead atoms. The van der Waals surface area contributed by atoms with Crippen molar-refractivity contribution in [3.8, 4) is 5.69 Å². The van der Waals surface area contributed by atoms with Crippen molar-refractivity contribution >= 4 is 5.96 Å². The third-order valence-electron chi connectivity index (χ3n) is 4.17. The molecular weight excluding hydrogens is 316 g/mol. The molecule has 0 aliphatic carbocycles. The van der Waals surface area contributed by atoms with Crippen molar-refractivity contribution in [1.82, 2.24) is 20.0 Å². The third-order valence-corrected chi connectivity index (χ3v) is 4.17. The predicted octanol–water partition coefficient (Wildman–Crippen LogP) is 0.999. The van der Waals surface area contributed by atoms with Crippen LogP contribution in [0.3, 0.4) is 0 Å². The topological polar surface area (TPSA) is 80.7 Å². The fraction of sp³-hybridized carbons (Fsp3) is 0.444. The van der Waals surface area contributed by atoms with Crippen LogP contribution in [0, 0.1) is 0 Å². The first-order chi connectivity index (χ1) is 12.3. The molecule has 1 aliphatic rings. The lowest BCUT2D eigenvalue weighted by Gasteiger charge is -2.26. The summed E-state index contributed by atoms with van der Waals surface area (Å²) in [4.78, 5) is 6.84. The van der Waals surface area contributed by atoms with Gasteiger partial charge in [-0.1, -0.05) is 12.1 Å². The summed E-state index contributed by atoms with van der Waals surface area (Å²) >= 11 is 0. The molecular formula is C18H26N6O. The summed E-state index contributed by atoms with van der Waals surface area (Å²) in [5, 5.41) is 7.43. The minimum atomic E-state index is 0.492. The van der Waals surface area contributed by atoms with Crippen LogP contribution >= 0.6 is 0 Å². The third kappa shape index (κ3) is 5.58. The van der Waals surface area contributed by atoms with Crippen LogP contribution in [-0.2, 0) is 11.3 Å². The van der Waals surface area contributed by atoms with Gasteiger partial charge in [-0.3, -0.25) is 4.90 Å². The van der Waals surface area contributed by atoms with E-state index in [9.17, 15) is 0 Å². The number of morpholine rings is 1. The molecule has 2 aromatic rings. The average Bonchev–Trinajstić information content (AvgIpc) is 3.19. The van der Waals surface area contributed by atoms with E-state index in [1.54, 1.807) is 6.20 Å². The van der Waals surface area contributed by atoms with Crippen molar-refractivity contribution in [3.05, 3.63) is 48.3 Å². The Balaban J connectivity index is 1.41. The number of nitrogens with zero attached hydrogens (tertiary/aromatic N) is 4. The molecule has 1 aromatic carbocycles. The van der Waals surface area contributed by atoms with Gasteiger partial charge >= 0.3 is 0 Å². The molecule has 25 heavy (non-hydrogen) atoms. The fourth-order valence-electron chi connectivity index (χ4n) is 2.80. The summed E-state index contributed by atoms with van der Waals surface area (Å²) in [6, 6.07) is 10.1. The van der Waals surface area contributed by atoms with Gasteiger partial charge < -0.3 is 15.8 Å². The molecule has 1 saturated heterocycles. The van der Waals surface area contributed by atoms with Crippen LogP contribution in [0.1, 0.15) is 12.0 Å². The van der Waals surface area contributed by atoms with Gasteiger partial charge in [0.25, 0.3) is 0 Å². The lowest BCUT2D eigenvalue weighted by molar-refractivity contribution is 0.0376. The molecule has 2 heterocycles. The quantitative estimate of drug-likeness (QED) is 0.446. The Kier molecular flexibility index (Phi) is 6.42. The monoisotopic (exact) mass is 342 g/mol. The Labute approximate surface area is 148 Å². The van der Waals surface area contributed by atoms with Gasteiger partial charge in [0.1, 0.15) is 0 Å². The second kappa shape index (κ2) is 9.19. The molecule has 0 atom stereocenters. The molecule has 134 valence electrons. The predicted molar refractivity (Wildman–Crippen MR) is 98.8 cm³/mol. The lowest BCUT2D eigenvalue weighted by Crippen LogP contribution is -2.39. The van der Waals surface area contributed by atoms with E-state index in [0.717, 1.165) is 57.1 Å². The Morgan fingerprint density at radius 2 is 2.16 bits per heavy atom. The first kappa shape index (κ1) is 17.4. The number of guanidine groups is 1. The largest absolute Gasteiger partial charge is 0.379 e. The molecule has 1 fully saturated rings. The van der Waals surface area contributed by atoms with Gasteiger partial charge in [-0.2, -0.15) is 5.10 Å². The van der Waals surface area contributed by atoms with Crippen molar-refractivity contribution in [2.75, 3.05) is 39.4 Å². The maximum Gasteiger partial charge on any atom is 0.188 e. The number of nitrogens with two attached hydrogens (primary N) is 1. The zero-order valence-corrected chi connectivity index (χ0v) is 14.5. The molecule has 3 N–H and O–H groups in total. The normalized spacial score (nSPS) is 16.1. The minimum Gasteiger partial charge on any atom is -0.379 e. The fourth-order valence-corrected chi connectivity index (χ4v) is 2.80. The lowest BCUT2D eigenvalue weighted by atomic mass is 10.2. The molecule has 0 amide bonds. The summed E-state index contributed by atoms with van der Waals surface area (Å²) in [6.45, 7) is 6.18. The Morgan fingerprint density at radius 1 is 1.28 bits per heavy atom. The van der Waals surface area contributed by atoms with E-state index < -0.39 is 0 Å². The smallest absolute Gasteiger partial charge is 0.188 e. The van der Waals surface area contributed by atoms with Crippen LogP contribution in [-0.4, -0.2) is 60.0 Å². The average molecular weight is 342 g/mol. The molecule has 0 unspecified atom stereocenters. The van der Waals surface area contributed by atoms with Gasteiger partial charge in [0.2, 0.25) is 0 Å². The van der Waals surface area contributed by atoms with Crippen LogP contribution in [0.2, 0.25) is 0 Å². The van der Waals surface area contributed by atoms with Crippen molar-refractivity contribution in [2.24, 2.45) is 10.7 Å². The van der Waals surface area contributed by atoms with Crippen LogP contribution in [0.4, 0.5) is 0 Å². The van der Waals surface area contributed by atoms with E-state index >= 15 is 0 Å². The number of hydrogen-bond donors (Lipinski definition) is 2. The van der Waals surface area contributed by atoms with Gasteiger partial charge in [0.05, 0.1) is 25.4 Å². The number of ether oxygens (including phenoxy) is 1. The minimum absolute atomic E-state index is 0.492. The molecule has 1 aliphatic heterocycles. The highest BCUT2D eigenvalue weighted by Crippen LogP contribution is 2.10. The highest BCUT2D eigenvalue weighted by atomic mass is 16.5. The Bertz CT molecular complexity index is 664. The number of aliphatic imine (C=N–C) groups is 1. The molecule has 0 spiro atoms. The molecule has 7 nitrogen and oxygen atoms in total. The summed E-state index contributed by atoms with van der Waals surface area (Å²) < 4.78 is 7.18. The van der Waals surface area contributed by atoms with Crippen molar-refractivity contribution in [1.29, 1.82) is 0 Å². The van der Waals surface area contributed by atoms with E-state index in [2.05, 4.69) is 26.4 Å². The van der Waals surface area contributed by atoms with E-state index in [0.29, 0.717) is 12.5 Å². The summed E-state index contributed by atoms with van der Waals surface area (Å²) in [7, 11) is 0. The van der Waals surface area contributed by atoms with Gasteiger partial charge in [-0.05, 0) is 36.7 Å². The summed E-state index contributed by atoms with van der Waals surface area (Å²) in [5.74, 6) is 0.492. The molecule has 3 rings (SSSR count). The van der Waals surface area contributed by atoms with Gasteiger partial charge in [0, 0.05) is 32.0 Å². The van der Waals surface area contributed by atoms with Gasteiger partial charge in [-0.25, -0.2) is 9.67 Å². The first-order valence-corrected chi connectivity index (χ1v) is 8.74. The van der Waals surface area contributed by atoms with Crippen LogP contribution < -0.4 is 11.1 Å². The zero-order chi connectivity index (χ0) is 17.3. The number of nitrogens with one attached hydrogen (secondary N) is 1. The van der Waals surface area contributed by atoms with E-state index in [1.807, 2.05) is 35.1 Å². The van der Waals surface area contributed by atoms with Crippen LogP contribution in [0.25, 0.3) is 5.69 Å². The van der Waals surface area contributed by atoms with Gasteiger partial charge in [0.15, 0.2) is 5.96 Å². The standard InChI is InChI=1S/C18H26N6O/c19-18(20-6-2-8-23-10-12-25-13-11-23)21-15-16-4-1-5-17(14-16)24-9-3-7-22-24/h1,3-5,7,9,14H,2,6,8,10-13,15H2,(H3,19,20,21). The Morgan fingerprint density at radius 3 is 2.96 bits per heavy atom. The maximum atomic E-state index is 5.96. The Hall–Kier alpha value is -2.38. The number of aromatic nitrogens is 2. The van der Waals surface area contributed by atoms with E-state index in [4.69, 9.17) is 10.5 Å². The number of benzene rings is 1. The van der Waals surface area contributed by atoms with Crippen molar-refractivity contribution in [2.45, 2.75) is 13.0 Å². The highest BCUT2D eigenvalue weighted by Gasteiger charge is 2.09. The van der Waals surface area contributed by atoms with Crippen LogP contribution in [0.15, 0.2) is 47.7 Å². The van der Waals surface area contributed by atoms with Crippen molar-refractivity contribution in [3.63, 3.8) is 0 Å². The molecule has 7 heteroatoms. The SMILES string of the molecule is NC(=NCc1cccc(-n2cccn2)c1)NCCCN1CCOCC1. The summed E-state index contributed by atoms with van der Waals surface area (Å²) in [5.41, 5.74) is 8.09. The number of rotatable bonds is 7. The van der Waals surface area contributed by atoms with E-state index in [1.165, 1.54) is 0 Å². The molecule has 0 radical (unpaired) electrons. The molecule has 0 saturated carbocycles. The van der Waals surface area contributed by atoms with Crippen molar-refractivity contribution < 1.29 is 4.74 Å². The molecule has 1 aromatic heterocycles.